The molecule has 0 radical (unpaired) electrons. The number of nitrogens with one attached hydrogen (secondary N) is 1. The highest BCUT2D eigenvalue weighted by Crippen LogP contribution is 2.25. The summed E-state index contributed by atoms with van der Waals surface area (Å²) in [5.41, 5.74) is 0.833. The van der Waals surface area contributed by atoms with Crippen molar-refractivity contribution in [2.45, 2.75) is 50.8 Å². The van der Waals surface area contributed by atoms with Gasteiger partial charge in [-0.3, -0.25) is 14.4 Å². The van der Waals surface area contributed by atoms with E-state index in [0.29, 0.717) is 32.7 Å². The van der Waals surface area contributed by atoms with E-state index >= 15 is 0 Å². The molecule has 0 bridgehead atoms. The van der Waals surface area contributed by atoms with E-state index in [2.05, 4.69) is 20.6 Å². The van der Waals surface area contributed by atoms with Crippen LogP contribution in [0.2, 0.25) is 0 Å². The van der Waals surface area contributed by atoms with E-state index in [1.54, 1.807) is 24.3 Å². The molecule has 0 saturated heterocycles. The third kappa shape index (κ3) is 5.76. The number of hydrogen-bond acceptors (Lipinski definition) is 8. The second-order valence-corrected chi connectivity index (χ2v) is 10.8. The molecule has 0 unspecified atom stereocenters. The van der Waals surface area contributed by atoms with Gasteiger partial charge >= 0.3 is 0 Å². The summed E-state index contributed by atoms with van der Waals surface area (Å²) in [5.74, 6) is 0.335. The molecule has 3 aromatic rings. The molecule has 10 heteroatoms. The molecule has 2 aromatic heterocycles. The fourth-order valence-electron chi connectivity index (χ4n) is 2.76. The van der Waals surface area contributed by atoms with E-state index < -0.39 is 5.41 Å². The van der Waals surface area contributed by atoms with Gasteiger partial charge in [0.1, 0.15) is 5.69 Å². The summed E-state index contributed by atoms with van der Waals surface area (Å²) >= 11 is 2.48. The Balaban J connectivity index is 1.65. The van der Waals surface area contributed by atoms with Gasteiger partial charge in [0.05, 0.1) is 5.75 Å². The van der Waals surface area contributed by atoms with Crippen LogP contribution < -0.4 is 10.9 Å². The molecule has 0 saturated carbocycles. The summed E-state index contributed by atoms with van der Waals surface area (Å²) in [6.07, 6.45) is 0.449. The number of carbonyl (C=O) groups is 2. The lowest BCUT2D eigenvalue weighted by molar-refractivity contribution is -0.116. The lowest BCUT2D eigenvalue weighted by Gasteiger charge is -2.14. The van der Waals surface area contributed by atoms with Crippen molar-refractivity contribution in [1.82, 2.24) is 19.8 Å². The Morgan fingerprint density at radius 2 is 1.84 bits per heavy atom. The van der Waals surface area contributed by atoms with Gasteiger partial charge in [0.2, 0.25) is 10.9 Å². The van der Waals surface area contributed by atoms with Crippen LogP contribution in [-0.2, 0) is 10.2 Å². The van der Waals surface area contributed by atoms with Crippen LogP contribution in [0.5, 0.6) is 0 Å². The van der Waals surface area contributed by atoms with Crippen molar-refractivity contribution in [3.8, 4) is 0 Å². The fraction of sp³-hybridized carbons (Fsp3) is 0.429. The number of ketones is 1. The minimum Gasteiger partial charge on any atom is -0.326 e. The van der Waals surface area contributed by atoms with Gasteiger partial charge in [0.25, 0.3) is 5.56 Å². The lowest BCUT2D eigenvalue weighted by Crippen LogP contribution is -2.30. The van der Waals surface area contributed by atoms with Gasteiger partial charge in [-0.05, 0) is 30.2 Å². The Bertz CT molecular complexity index is 1160. The van der Waals surface area contributed by atoms with Gasteiger partial charge in [0, 0.05) is 23.1 Å². The van der Waals surface area contributed by atoms with Gasteiger partial charge in [-0.2, -0.15) is 4.52 Å². The van der Waals surface area contributed by atoms with Gasteiger partial charge < -0.3 is 5.32 Å². The molecular formula is C21H25N5O3S2. The molecule has 0 aliphatic rings. The quantitative estimate of drug-likeness (QED) is 0.423. The van der Waals surface area contributed by atoms with Crippen molar-refractivity contribution < 1.29 is 9.59 Å². The van der Waals surface area contributed by atoms with E-state index in [1.807, 2.05) is 34.6 Å². The molecule has 2 heterocycles. The first kappa shape index (κ1) is 23.1. The number of thioether (sulfide) groups is 1. The first-order chi connectivity index (χ1) is 14.5. The molecule has 0 aliphatic heterocycles. The standard InChI is InChI=1S/C21H25N5O3S2/c1-12(2)10-16(28)22-14-8-6-13(7-9-14)15(27)11-30-20-25-26-18(29)17(21(3,4)5)23-24-19(26)31-20/h6-9,12H,10-11H2,1-5H3,(H,22,28). The van der Waals surface area contributed by atoms with Crippen LogP contribution in [0.1, 0.15) is 57.1 Å². The minimum atomic E-state index is -0.432. The second kappa shape index (κ2) is 9.27. The van der Waals surface area contributed by atoms with Crippen LogP contribution >= 0.6 is 23.1 Å². The maximum Gasteiger partial charge on any atom is 0.297 e. The van der Waals surface area contributed by atoms with Crippen LogP contribution in [0.15, 0.2) is 33.4 Å². The molecule has 164 valence electrons. The monoisotopic (exact) mass is 459 g/mol. The van der Waals surface area contributed by atoms with Crippen molar-refractivity contribution >= 4 is 45.4 Å². The SMILES string of the molecule is CC(C)CC(=O)Nc1ccc(C(=O)CSc2nn3c(=O)c(C(C)(C)C)nnc3s2)cc1. The van der Waals surface area contributed by atoms with Crippen molar-refractivity contribution in [2.75, 3.05) is 11.1 Å². The molecule has 3 rings (SSSR count). The average molecular weight is 460 g/mol. The maximum atomic E-state index is 12.6. The highest BCUT2D eigenvalue weighted by molar-refractivity contribution is 8.01. The summed E-state index contributed by atoms with van der Waals surface area (Å²) < 4.78 is 1.82. The number of fused-ring (bicyclic) bond motifs is 1. The number of anilines is 1. The van der Waals surface area contributed by atoms with Gasteiger partial charge in [-0.1, -0.05) is 57.7 Å². The predicted octanol–water partition coefficient (Wildman–Crippen LogP) is 3.80. The highest BCUT2D eigenvalue weighted by atomic mass is 32.2. The fourth-order valence-corrected chi connectivity index (χ4v) is 4.53. The van der Waals surface area contributed by atoms with Gasteiger partial charge in [-0.25, -0.2) is 0 Å². The highest BCUT2D eigenvalue weighted by Gasteiger charge is 2.23. The zero-order valence-corrected chi connectivity index (χ0v) is 19.8. The van der Waals surface area contributed by atoms with E-state index in [9.17, 15) is 14.4 Å². The Morgan fingerprint density at radius 3 is 2.45 bits per heavy atom. The van der Waals surface area contributed by atoms with Crippen LogP contribution in [-0.4, -0.2) is 37.3 Å². The Hall–Kier alpha value is -2.59. The number of benzene rings is 1. The lowest BCUT2D eigenvalue weighted by atomic mass is 9.93. The first-order valence-electron chi connectivity index (χ1n) is 9.87. The number of rotatable bonds is 7. The number of hydrogen-bond donors (Lipinski definition) is 1. The number of amides is 1. The summed E-state index contributed by atoms with van der Waals surface area (Å²) in [4.78, 5) is 37.4. The van der Waals surface area contributed by atoms with Gasteiger partial charge in [0.15, 0.2) is 10.1 Å². The molecular weight excluding hydrogens is 434 g/mol. The molecule has 1 aromatic carbocycles. The molecule has 1 amide bonds. The van der Waals surface area contributed by atoms with Crippen LogP contribution in [0.4, 0.5) is 5.69 Å². The average Bonchev–Trinajstić information content (AvgIpc) is 3.09. The normalized spacial score (nSPS) is 11.8. The molecule has 8 nitrogen and oxygen atoms in total. The zero-order valence-electron chi connectivity index (χ0n) is 18.1. The zero-order chi connectivity index (χ0) is 22.8. The minimum absolute atomic E-state index is 0.0478. The van der Waals surface area contributed by atoms with Crippen molar-refractivity contribution in [3.05, 3.63) is 45.9 Å². The van der Waals surface area contributed by atoms with Crippen LogP contribution in [0, 0.1) is 5.92 Å². The third-order valence-corrected chi connectivity index (χ3v) is 6.33. The Morgan fingerprint density at radius 1 is 1.16 bits per heavy atom. The Labute approximate surface area is 188 Å². The first-order valence-corrected chi connectivity index (χ1v) is 11.7. The van der Waals surface area contributed by atoms with Crippen molar-refractivity contribution in [1.29, 1.82) is 0 Å². The summed E-state index contributed by atoms with van der Waals surface area (Å²) in [7, 11) is 0. The van der Waals surface area contributed by atoms with E-state index in [-0.39, 0.29) is 28.9 Å². The topological polar surface area (TPSA) is 106 Å². The molecule has 0 atom stereocenters. The van der Waals surface area contributed by atoms with E-state index in [4.69, 9.17) is 0 Å². The van der Waals surface area contributed by atoms with Crippen molar-refractivity contribution in [3.63, 3.8) is 0 Å². The molecule has 31 heavy (non-hydrogen) atoms. The van der Waals surface area contributed by atoms with E-state index in [1.165, 1.54) is 27.6 Å². The molecule has 0 aliphatic carbocycles. The van der Waals surface area contributed by atoms with Gasteiger partial charge in [-0.15, -0.1) is 15.3 Å². The van der Waals surface area contributed by atoms with Crippen LogP contribution in [0.3, 0.4) is 0 Å². The van der Waals surface area contributed by atoms with Crippen molar-refractivity contribution in [2.24, 2.45) is 5.92 Å². The number of Topliss-reactive ketones (excluding diaryl/α,β-unsaturated/α-hetero) is 1. The molecule has 0 fully saturated rings. The summed E-state index contributed by atoms with van der Waals surface area (Å²) in [6, 6.07) is 6.82. The maximum absolute atomic E-state index is 12.6. The Kier molecular flexibility index (Phi) is 6.90. The predicted molar refractivity (Wildman–Crippen MR) is 123 cm³/mol. The number of nitrogens with zero attached hydrogens (tertiary/aromatic N) is 4. The smallest absolute Gasteiger partial charge is 0.297 e. The second-order valence-electron chi connectivity index (χ2n) is 8.60. The summed E-state index contributed by atoms with van der Waals surface area (Å²) in [6.45, 7) is 9.65. The van der Waals surface area contributed by atoms with Crippen LogP contribution in [0.25, 0.3) is 4.96 Å². The largest absolute Gasteiger partial charge is 0.326 e. The molecule has 0 spiro atoms. The van der Waals surface area contributed by atoms with E-state index in [0.717, 1.165) is 0 Å². The molecule has 1 N–H and O–H groups in total. The number of aromatic nitrogens is 4. The summed E-state index contributed by atoms with van der Waals surface area (Å²) in [5, 5.41) is 15.3. The third-order valence-electron chi connectivity index (χ3n) is 4.29. The number of carbonyl (C=O) groups excluding carboxylic acids is 2.